The van der Waals surface area contributed by atoms with E-state index in [9.17, 15) is 0 Å². The monoisotopic (exact) mass is 371 g/mol. The van der Waals surface area contributed by atoms with Gasteiger partial charge in [0.05, 0.1) is 5.69 Å². The van der Waals surface area contributed by atoms with Crippen LogP contribution in [-0.4, -0.2) is 33.0 Å². The summed E-state index contributed by atoms with van der Waals surface area (Å²) in [5, 5.41) is 17.3. The van der Waals surface area contributed by atoms with Gasteiger partial charge >= 0.3 is 0 Å². The maximum atomic E-state index is 5.38. The minimum absolute atomic E-state index is 0. The van der Waals surface area contributed by atoms with Gasteiger partial charge in [-0.05, 0) is 25.3 Å². The molecule has 1 aliphatic rings. The summed E-state index contributed by atoms with van der Waals surface area (Å²) in [5.74, 6) is 3.85. The molecular weight excluding hydrogens is 346 g/mol. The highest BCUT2D eigenvalue weighted by atomic mass is 35.5. The highest BCUT2D eigenvalue weighted by Gasteiger charge is 2.21. The van der Waals surface area contributed by atoms with Crippen molar-refractivity contribution < 1.29 is 4.52 Å². The molecule has 1 aliphatic heterocycles. The van der Waals surface area contributed by atoms with E-state index in [1.807, 2.05) is 0 Å². The average Bonchev–Trinajstić information content (AvgIpc) is 3.12. The second-order valence-corrected chi connectivity index (χ2v) is 7.56. The van der Waals surface area contributed by atoms with E-state index in [0.29, 0.717) is 11.8 Å². The van der Waals surface area contributed by atoms with Crippen LogP contribution in [0.3, 0.4) is 0 Å². The zero-order chi connectivity index (χ0) is 16.2. The van der Waals surface area contributed by atoms with E-state index in [-0.39, 0.29) is 12.4 Å². The predicted octanol–water partition coefficient (Wildman–Crippen LogP) is 3.18. The topological polar surface area (TPSA) is 68.8 Å². The lowest BCUT2D eigenvalue weighted by Crippen LogP contribution is -2.29. The van der Waals surface area contributed by atoms with Crippen molar-refractivity contribution in [2.24, 2.45) is 13.0 Å². The summed E-state index contributed by atoms with van der Waals surface area (Å²) in [6.45, 7) is 6.47. The molecule has 0 saturated carbocycles. The van der Waals surface area contributed by atoms with Crippen LogP contribution < -0.4 is 5.32 Å². The second kappa shape index (κ2) is 8.87. The standard InChI is InChI=1S/C16H25N5OS.ClH/c1-11(2)7-14-8-13(20-22-14)10-23-16-19-18-15(21(16)3)12-5-4-6-17-9-12;/h8,11-12,17H,4-7,9-10H2,1-3H3;1H. The SMILES string of the molecule is CC(C)Cc1cc(CSc2nnc(C3CCCNC3)n2C)no1.Cl. The summed E-state index contributed by atoms with van der Waals surface area (Å²) < 4.78 is 7.50. The van der Waals surface area contributed by atoms with Gasteiger partial charge in [-0.15, -0.1) is 22.6 Å². The van der Waals surface area contributed by atoms with Crippen LogP contribution in [0.1, 0.15) is 49.9 Å². The molecule has 1 atom stereocenters. The lowest BCUT2D eigenvalue weighted by molar-refractivity contribution is 0.365. The van der Waals surface area contributed by atoms with Gasteiger partial charge in [0.25, 0.3) is 0 Å². The number of thioether (sulfide) groups is 1. The molecule has 0 spiro atoms. The Morgan fingerprint density at radius 2 is 2.25 bits per heavy atom. The molecule has 1 unspecified atom stereocenters. The number of halogens is 1. The number of hydrogen-bond acceptors (Lipinski definition) is 6. The second-order valence-electron chi connectivity index (χ2n) is 6.61. The van der Waals surface area contributed by atoms with E-state index in [4.69, 9.17) is 4.52 Å². The zero-order valence-electron chi connectivity index (χ0n) is 14.5. The average molecular weight is 372 g/mol. The number of hydrogen-bond donors (Lipinski definition) is 1. The van der Waals surface area contributed by atoms with E-state index in [0.717, 1.165) is 47.7 Å². The summed E-state index contributed by atoms with van der Waals surface area (Å²) in [4.78, 5) is 0. The van der Waals surface area contributed by atoms with Crippen LogP contribution >= 0.6 is 24.2 Å². The molecule has 0 amide bonds. The van der Waals surface area contributed by atoms with E-state index < -0.39 is 0 Å². The first kappa shape index (κ1) is 19.3. The summed E-state index contributed by atoms with van der Waals surface area (Å²) in [5.41, 5.74) is 0.967. The maximum Gasteiger partial charge on any atom is 0.191 e. The fraction of sp³-hybridized carbons (Fsp3) is 0.688. The van der Waals surface area contributed by atoms with Crippen LogP contribution in [0.5, 0.6) is 0 Å². The number of rotatable bonds is 6. The van der Waals surface area contributed by atoms with Crippen LogP contribution in [0, 0.1) is 5.92 Å². The Labute approximate surface area is 153 Å². The highest BCUT2D eigenvalue weighted by Crippen LogP contribution is 2.26. The van der Waals surface area contributed by atoms with E-state index in [1.54, 1.807) is 11.8 Å². The van der Waals surface area contributed by atoms with Gasteiger partial charge in [-0.3, -0.25) is 0 Å². The van der Waals surface area contributed by atoms with E-state index in [2.05, 4.69) is 52.2 Å². The van der Waals surface area contributed by atoms with Gasteiger partial charge in [0.2, 0.25) is 0 Å². The van der Waals surface area contributed by atoms with E-state index in [1.165, 1.54) is 12.8 Å². The third kappa shape index (κ3) is 4.74. The fourth-order valence-corrected chi connectivity index (χ4v) is 3.74. The number of nitrogens with one attached hydrogen (secondary N) is 1. The smallest absolute Gasteiger partial charge is 0.191 e. The lowest BCUT2D eigenvalue weighted by atomic mass is 9.99. The Morgan fingerprint density at radius 3 is 2.96 bits per heavy atom. The third-order valence-electron chi connectivity index (χ3n) is 4.10. The Hall–Kier alpha value is -1.05. The van der Waals surface area contributed by atoms with Crippen LogP contribution in [0.25, 0.3) is 0 Å². The first-order valence-electron chi connectivity index (χ1n) is 8.30. The van der Waals surface area contributed by atoms with E-state index >= 15 is 0 Å². The normalized spacial score (nSPS) is 17.9. The van der Waals surface area contributed by atoms with Crippen molar-refractivity contribution in [3.63, 3.8) is 0 Å². The van der Waals surface area contributed by atoms with Crippen LogP contribution in [0.4, 0.5) is 0 Å². The van der Waals surface area contributed by atoms with Crippen LogP contribution in [0.15, 0.2) is 15.7 Å². The van der Waals surface area contributed by atoms with Gasteiger partial charge in [0, 0.05) is 37.8 Å². The summed E-state index contributed by atoms with van der Waals surface area (Å²) in [6, 6.07) is 2.05. The molecule has 1 saturated heterocycles. The first-order valence-corrected chi connectivity index (χ1v) is 9.29. The Kier molecular flexibility index (Phi) is 7.13. The molecule has 3 heterocycles. The number of piperidine rings is 1. The van der Waals surface area contributed by atoms with Gasteiger partial charge in [0.15, 0.2) is 5.16 Å². The van der Waals surface area contributed by atoms with Crippen molar-refractivity contribution in [1.29, 1.82) is 0 Å². The zero-order valence-corrected chi connectivity index (χ0v) is 16.1. The quantitative estimate of drug-likeness (QED) is 0.786. The molecule has 2 aromatic rings. The Morgan fingerprint density at radius 1 is 1.42 bits per heavy atom. The van der Waals surface area contributed by atoms with Gasteiger partial charge in [-0.2, -0.15) is 0 Å². The molecule has 0 aromatic carbocycles. The van der Waals surface area contributed by atoms with Crippen LogP contribution in [0.2, 0.25) is 0 Å². The summed E-state index contributed by atoms with van der Waals surface area (Å²) in [7, 11) is 2.05. The molecule has 3 rings (SSSR count). The molecule has 0 aliphatic carbocycles. The molecule has 6 nitrogen and oxygen atoms in total. The van der Waals surface area contributed by atoms with Crippen molar-refractivity contribution in [3.8, 4) is 0 Å². The van der Waals surface area contributed by atoms with Gasteiger partial charge in [0.1, 0.15) is 11.6 Å². The molecular formula is C16H26ClN5OS. The molecule has 0 bridgehead atoms. The minimum Gasteiger partial charge on any atom is -0.361 e. The van der Waals surface area contributed by atoms with Crippen molar-refractivity contribution in [1.82, 2.24) is 25.2 Å². The van der Waals surface area contributed by atoms with Crippen molar-refractivity contribution in [2.75, 3.05) is 13.1 Å². The van der Waals surface area contributed by atoms with Crippen molar-refractivity contribution in [3.05, 3.63) is 23.3 Å². The molecule has 134 valence electrons. The van der Waals surface area contributed by atoms with Gasteiger partial charge in [-0.1, -0.05) is 30.8 Å². The number of nitrogens with zero attached hydrogens (tertiary/aromatic N) is 4. The Balaban J connectivity index is 0.00000208. The number of aromatic nitrogens is 4. The molecule has 1 fully saturated rings. The molecule has 2 aromatic heterocycles. The fourth-order valence-electron chi connectivity index (χ4n) is 2.94. The molecule has 24 heavy (non-hydrogen) atoms. The lowest BCUT2D eigenvalue weighted by Gasteiger charge is -2.21. The highest BCUT2D eigenvalue weighted by molar-refractivity contribution is 7.98. The summed E-state index contributed by atoms with van der Waals surface area (Å²) in [6.07, 6.45) is 3.32. The largest absolute Gasteiger partial charge is 0.361 e. The van der Waals surface area contributed by atoms with Crippen LogP contribution in [-0.2, 0) is 19.2 Å². The van der Waals surface area contributed by atoms with Crippen molar-refractivity contribution >= 4 is 24.2 Å². The van der Waals surface area contributed by atoms with Crippen molar-refractivity contribution in [2.45, 2.75) is 49.9 Å². The first-order chi connectivity index (χ1) is 11.1. The Bertz CT molecular complexity index is 636. The minimum atomic E-state index is 0. The molecule has 1 N–H and O–H groups in total. The summed E-state index contributed by atoms with van der Waals surface area (Å²) >= 11 is 1.66. The molecule has 0 radical (unpaired) electrons. The van der Waals surface area contributed by atoms with Gasteiger partial charge in [-0.25, -0.2) is 0 Å². The third-order valence-corrected chi connectivity index (χ3v) is 5.15. The maximum absolute atomic E-state index is 5.38. The van der Waals surface area contributed by atoms with Gasteiger partial charge < -0.3 is 14.4 Å². The molecule has 8 heteroatoms. The predicted molar refractivity (Wildman–Crippen MR) is 97.7 cm³/mol.